The second-order valence-corrected chi connectivity index (χ2v) is 5.34. The monoisotopic (exact) mass is 302 g/mol. The number of hydrogen-bond acceptors (Lipinski definition) is 3. The van der Waals surface area contributed by atoms with Gasteiger partial charge in [-0.2, -0.15) is 0 Å². The van der Waals surface area contributed by atoms with Crippen LogP contribution in [0, 0.1) is 0 Å². The van der Waals surface area contributed by atoms with E-state index in [4.69, 9.17) is 5.73 Å². The van der Waals surface area contributed by atoms with Gasteiger partial charge >= 0.3 is 6.36 Å². The Labute approximate surface area is 122 Å². The summed E-state index contributed by atoms with van der Waals surface area (Å²) >= 11 is 0. The Balaban J connectivity index is 2.10. The molecule has 0 aromatic heterocycles. The van der Waals surface area contributed by atoms with E-state index in [1.165, 1.54) is 25.0 Å². The van der Waals surface area contributed by atoms with Crippen LogP contribution in [0.2, 0.25) is 0 Å². The smallest absolute Gasteiger partial charge is 0.406 e. The number of ether oxygens (including phenoxy) is 1. The predicted molar refractivity (Wildman–Crippen MR) is 74.9 cm³/mol. The maximum absolute atomic E-state index is 12.2. The van der Waals surface area contributed by atoms with E-state index in [1.54, 1.807) is 12.1 Å². The summed E-state index contributed by atoms with van der Waals surface area (Å²) in [6.45, 7) is 3.52. The fourth-order valence-electron chi connectivity index (χ4n) is 2.61. The zero-order valence-corrected chi connectivity index (χ0v) is 12.1. The number of rotatable bonds is 7. The average Bonchev–Trinajstić information content (AvgIpc) is 3.23. The molecule has 1 aromatic rings. The van der Waals surface area contributed by atoms with E-state index in [9.17, 15) is 13.2 Å². The van der Waals surface area contributed by atoms with Crippen molar-refractivity contribution >= 4 is 0 Å². The van der Waals surface area contributed by atoms with Gasteiger partial charge in [-0.3, -0.25) is 4.90 Å². The topological polar surface area (TPSA) is 38.5 Å². The third kappa shape index (κ3) is 4.61. The molecular weight excluding hydrogens is 281 g/mol. The number of hydrogen-bond donors (Lipinski definition) is 1. The average molecular weight is 302 g/mol. The van der Waals surface area contributed by atoms with Crippen LogP contribution >= 0.6 is 0 Å². The van der Waals surface area contributed by atoms with Crippen LogP contribution < -0.4 is 10.5 Å². The summed E-state index contributed by atoms with van der Waals surface area (Å²) in [4.78, 5) is 2.36. The van der Waals surface area contributed by atoms with Gasteiger partial charge in [-0.15, -0.1) is 13.2 Å². The van der Waals surface area contributed by atoms with Crippen LogP contribution in [0.3, 0.4) is 0 Å². The minimum absolute atomic E-state index is 0.0531. The van der Waals surface area contributed by atoms with Crippen LogP contribution in [0.1, 0.15) is 37.8 Å². The van der Waals surface area contributed by atoms with E-state index in [2.05, 4.69) is 16.6 Å². The van der Waals surface area contributed by atoms with E-state index < -0.39 is 6.36 Å². The Morgan fingerprint density at radius 3 is 2.33 bits per heavy atom. The molecule has 6 heteroatoms. The molecule has 21 heavy (non-hydrogen) atoms. The fourth-order valence-corrected chi connectivity index (χ4v) is 2.61. The third-order valence-electron chi connectivity index (χ3n) is 3.62. The van der Waals surface area contributed by atoms with Crippen LogP contribution in [0.15, 0.2) is 24.3 Å². The van der Waals surface area contributed by atoms with Crippen molar-refractivity contribution in [3.05, 3.63) is 29.8 Å². The molecule has 0 bridgehead atoms. The van der Waals surface area contributed by atoms with Crippen LogP contribution in [-0.2, 0) is 0 Å². The lowest BCUT2D eigenvalue weighted by Crippen LogP contribution is -2.36. The first-order chi connectivity index (χ1) is 9.94. The Kier molecular flexibility index (Phi) is 5.11. The molecule has 0 heterocycles. The van der Waals surface area contributed by atoms with Crippen LogP contribution in [-0.4, -0.2) is 30.4 Å². The van der Waals surface area contributed by atoms with Crippen LogP contribution in [0.5, 0.6) is 5.75 Å². The van der Waals surface area contributed by atoms with Gasteiger partial charge < -0.3 is 10.5 Å². The van der Waals surface area contributed by atoms with E-state index in [0.717, 1.165) is 18.5 Å². The highest BCUT2D eigenvalue weighted by molar-refractivity contribution is 5.30. The largest absolute Gasteiger partial charge is 0.573 e. The fraction of sp³-hybridized carbons (Fsp3) is 0.600. The standard InChI is InChI=1S/C15H21F3N2O/c1-2-9-20(12-5-6-12)14(10-19)11-3-7-13(8-4-11)21-15(16,17)18/h3-4,7-8,12,14H,2,5-6,9-10,19H2,1H3. The zero-order valence-electron chi connectivity index (χ0n) is 12.1. The first kappa shape index (κ1) is 16.1. The maximum Gasteiger partial charge on any atom is 0.573 e. The lowest BCUT2D eigenvalue weighted by atomic mass is 10.0. The van der Waals surface area contributed by atoms with Crippen molar-refractivity contribution in [3.63, 3.8) is 0 Å². The summed E-state index contributed by atoms with van der Waals surface area (Å²) in [6, 6.07) is 6.65. The van der Waals surface area contributed by atoms with Crippen molar-refractivity contribution in [1.29, 1.82) is 0 Å². The third-order valence-corrected chi connectivity index (χ3v) is 3.62. The van der Waals surface area contributed by atoms with Gasteiger partial charge in [0.2, 0.25) is 0 Å². The van der Waals surface area contributed by atoms with E-state index in [0.29, 0.717) is 12.6 Å². The molecule has 0 aliphatic heterocycles. The number of halogens is 3. The van der Waals surface area contributed by atoms with E-state index >= 15 is 0 Å². The summed E-state index contributed by atoms with van der Waals surface area (Å²) in [5.41, 5.74) is 6.83. The first-order valence-corrected chi connectivity index (χ1v) is 7.26. The van der Waals surface area contributed by atoms with Gasteiger partial charge in [-0.1, -0.05) is 19.1 Å². The van der Waals surface area contributed by atoms with E-state index in [1.807, 2.05) is 0 Å². The molecule has 1 unspecified atom stereocenters. The molecule has 1 saturated carbocycles. The molecule has 3 nitrogen and oxygen atoms in total. The molecule has 1 aliphatic carbocycles. The minimum atomic E-state index is -4.66. The molecule has 1 atom stereocenters. The highest BCUT2D eigenvalue weighted by Crippen LogP contribution is 2.34. The van der Waals surface area contributed by atoms with Crippen LogP contribution in [0.4, 0.5) is 13.2 Å². The normalized spacial score (nSPS) is 17.0. The second-order valence-electron chi connectivity index (χ2n) is 5.34. The van der Waals surface area contributed by atoms with E-state index in [-0.39, 0.29) is 11.8 Å². The first-order valence-electron chi connectivity index (χ1n) is 7.26. The molecule has 0 radical (unpaired) electrons. The molecule has 118 valence electrons. The molecule has 1 aliphatic rings. The number of benzene rings is 1. The zero-order chi connectivity index (χ0) is 15.5. The number of nitrogens with zero attached hydrogens (tertiary/aromatic N) is 1. The molecule has 1 fully saturated rings. The Hall–Kier alpha value is -1.27. The SMILES string of the molecule is CCCN(C1CC1)C(CN)c1ccc(OC(F)(F)F)cc1. The summed E-state index contributed by atoms with van der Waals surface area (Å²) in [7, 11) is 0. The van der Waals surface area contributed by atoms with Crippen molar-refractivity contribution < 1.29 is 17.9 Å². The highest BCUT2D eigenvalue weighted by atomic mass is 19.4. The van der Waals surface area contributed by atoms with Gasteiger partial charge in [0.15, 0.2) is 0 Å². The van der Waals surface area contributed by atoms with Gasteiger partial charge in [0.1, 0.15) is 5.75 Å². The van der Waals surface area contributed by atoms with Crippen molar-refractivity contribution in [2.24, 2.45) is 5.73 Å². The molecule has 2 N–H and O–H groups in total. The van der Waals surface area contributed by atoms with Crippen molar-refractivity contribution in [1.82, 2.24) is 4.90 Å². The van der Waals surface area contributed by atoms with Crippen molar-refractivity contribution in [2.75, 3.05) is 13.1 Å². The minimum Gasteiger partial charge on any atom is -0.406 e. The molecule has 1 aromatic carbocycles. The van der Waals surface area contributed by atoms with Gasteiger partial charge in [-0.05, 0) is 43.5 Å². The lowest BCUT2D eigenvalue weighted by Gasteiger charge is -2.31. The lowest BCUT2D eigenvalue weighted by molar-refractivity contribution is -0.274. The molecule has 0 saturated heterocycles. The molecule has 0 spiro atoms. The Morgan fingerprint density at radius 2 is 1.90 bits per heavy atom. The van der Waals surface area contributed by atoms with Crippen LogP contribution in [0.25, 0.3) is 0 Å². The Bertz CT molecular complexity index is 443. The van der Waals surface area contributed by atoms with Gasteiger partial charge in [-0.25, -0.2) is 0 Å². The highest BCUT2D eigenvalue weighted by Gasteiger charge is 2.34. The quantitative estimate of drug-likeness (QED) is 0.838. The Morgan fingerprint density at radius 1 is 1.29 bits per heavy atom. The van der Waals surface area contributed by atoms with Crippen molar-refractivity contribution in [3.8, 4) is 5.75 Å². The van der Waals surface area contributed by atoms with Crippen molar-refractivity contribution in [2.45, 2.75) is 44.6 Å². The predicted octanol–water partition coefficient (Wildman–Crippen LogP) is 3.46. The summed E-state index contributed by atoms with van der Waals surface area (Å²) in [6.07, 6.45) is -1.28. The van der Waals surface area contributed by atoms with Gasteiger partial charge in [0.25, 0.3) is 0 Å². The maximum atomic E-state index is 12.2. The number of alkyl halides is 3. The summed E-state index contributed by atoms with van der Waals surface area (Å²) in [5.74, 6) is -0.199. The van der Waals surface area contributed by atoms with Gasteiger partial charge in [0, 0.05) is 18.6 Å². The second kappa shape index (κ2) is 6.66. The summed E-state index contributed by atoms with van der Waals surface area (Å²) in [5, 5.41) is 0. The van der Waals surface area contributed by atoms with Gasteiger partial charge in [0.05, 0.1) is 0 Å². The number of nitrogens with two attached hydrogens (primary N) is 1. The molecule has 0 amide bonds. The summed E-state index contributed by atoms with van der Waals surface area (Å²) < 4.78 is 40.4. The molecule has 2 rings (SSSR count). The molecular formula is C15H21F3N2O.